The molecule has 1 unspecified atom stereocenters. The molecular formula is C15H20ClN3O2. The average Bonchev–Trinajstić information content (AvgIpc) is 2.46. The molecule has 0 radical (unpaired) electrons. The number of rotatable bonds is 7. The number of carbonyl (C=O) groups is 1. The van der Waals surface area contributed by atoms with Gasteiger partial charge in [0.25, 0.3) is 0 Å². The van der Waals surface area contributed by atoms with E-state index in [-0.39, 0.29) is 31.5 Å². The first-order chi connectivity index (χ1) is 9.99. The molecule has 1 amide bonds. The smallest absolute Gasteiger partial charge is 0.241 e. The third-order valence-corrected chi connectivity index (χ3v) is 3.50. The lowest BCUT2D eigenvalue weighted by Gasteiger charge is -2.27. The molecule has 6 heteroatoms. The molecule has 0 saturated carbocycles. The highest BCUT2D eigenvalue weighted by Crippen LogP contribution is 2.20. The largest absolute Gasteiger partial charge is 0.395 e. The number of hydrogen-bond acceptors (Lipinski definition) is 4. The van der Waals surface area contributed by atoms with Crippen LogP contribution in [0.25, 0.3) is 0 Å². The summed E-state index contributed by atoms with van der Waals surface area (Å²) >= 11 is 5.96. The number of halogens is 1. The van der Waals surface area contributed by atoms with Crippen molar-refractivity contribution in [2.24, 2.45) is 0 Å². The van der Waals surface area contributed by atoms with Gasteiger partial charge in [-0.25, -0.2) is 0 Å². The van der Waals surface area contributed by atoms with Crippen LogP contribution in [0.15, 0.2) is 24.3 Å². The van der Waals surface area contributed by atoms with E-state index in [9.17, 15) is 4.79 Å². The Labute approximate surface area is 130 Å². The highest BCUT2D eigenvalue weighted by Gasteiger charge is 2.19. The van der Waals surface area contributed by atoms with Gasteiger partial charge in [-0.1, -0.05) is 17.7 Å². The summed E-state index contributed by atoms with van der Waals surface area (Å²) in [5.41, 5.74) is 0.674. The first-order valence-electron chi connectivity index (χ1n) is 6.73. The number of benzene rings is 1. The molecule has 0 aliphatic rings. The topological polar surface area (TPSA) is 67.6 Å². The Hall–Kier alpha value is -1.61. The number of aliphatic hydroxyl groups is 1. The second-order valence-corrected chi connectivity index (χ2v) is 5.32. The summed E-state index contributed by atoms with van der Waals surface area (Å²) in [6, 6.07) is 8.93. The van der Waals surface area contributed by atoms with Crippen molar-refractivity contribution in [1.82, 2.24) is 4.90 Å². The molecule has 1 aromatic carbocycles. The Kier molecular flexibility index (Phi) is 7.17. The summed E-state index contributed by atoms with van der Waals surface area (Å²) in [6.45, 7) is 2.31. The fourth-order valence-corrected chi connectivity index (χ4v) is 1.98. The normalized spacial score (nSPS) is 12.0. The molecule has 5 nitrogen and oxygen atoms in total. The number of carbonyl (C=O) groups excluding carboxylic acids is 1. The van der Waals surface area contributed by atoms with Crippen LogP contribution in [0.5, 0.6) is 0 Å². The van der Waals surface area contributed by atoms with Crippen molar-refractivity contribution in [3.63, 3.8) is 0 Å². The standard InChI is InChI=1S/C15H20ClN3O2/c1-12(11-20)18(2)10-15(21)19(8-4-7-17)14-6-3-5-13(16)9-14/h3,5-6,9,12,20H,4,8,10-11H2,1-2H3. The molecule has 0 aliphatic carbocycles. The molecule has 1 N–H and O–H groups in total. The van der Waals surface area contributed by atoms with Crippen LogP contribution in [-0.4, -0.2) is 48.7 Å². The molecule has 0 fully saturated rings. The van der Waals surface area contributed by atoms with Crippen molar-refractivity contribution in [3.05, 3.63) is 29.3 Å². The number of aliphatic hydroxyl groups excluding tert-OH is 1. The van der Waals surface area contributed by atoms with Gasteiger partial charge in [-0.3, -0.25) is 9.69 Å². The Morgan fingerprint density at radius 3 is 2.81 bits per heavy atom. The van der Waals surface area contributed by atoms with Crippen molar-refractivity contribution >= 4 is 23.2 Å². The van der Waals surface area contributed by atoms with Crippen LogP contribution in [0.1, 0.15) is 13.3 Å². The maximum absolute atomic E-state index is 12.4. The summed E-state index contributed by atoms with van der Waals surface area (Å²) in [7, 11) is 1.78. The van der Waals surface area contributed by atoms with Gasteiger partial charge in [0.1, 0.15) is 0 Å². The molecule has 1 aromatic rings. The van der Waals surface area contributed by atoms with Crippen LogP contribution in [0.2, 0.25) is 5.02 Å². The minimum atomic E-state index is -0.129. The predicted molar refractivity (Wildman–Crippen MR) is 83.2 cm³/mol. The molecule has 21 heavy (non-hydrogen) atoms. The van der Waals surface area contributed by atoms with E-state index in [0.29, 0.717) is 17.3 Å². The van der Waals surface area contributed by atoms with E-state index in [1.165, 1.54) is 0 Å². The zero-order valence-electron chi connectivity index (χ0n) is 12.3. The fourth-order valence-electron chi connectivity index (χ4n) is 1.80. The Morgan fingerprint density at radius 2 is 2.24 bits per heavy atom. The van der Waals surface area contributed by atoms with E-state index in [0.717, 1.165) is 0 Å². The maximum atomic E-state index is 12.4. The Bertz CT molecular complexity index is 516. The molecule has 0 bridgehead atoms. The van der Waals surface area contributed by atoms with Gasteiger partial charge in [0.05, 0.1) is 25.6 Å². The predicted octanol–water partition coefficient (Wildman–Crippen LogP) is 1.90. The monoisotopic (exact) mass is 309 g/mol. The number of hydrogen-bond donors (Lipinski definition) is 1. The van der Waals surface area contributed by atoms with E-state index in [1.54, 1.807) is 41.1 Å². The molecule has 0 aromatic heterocycles. The van der Waals surface area contributed by atoms with Gasteiger partial charge in [-0.2, -0.15) is 5.26 Å². The number of anilines is 1. The van der Waals surface area contributed by atoms with Gasteiger partial charge in [0, 0.05) is 23.3 Å². The van der Waals surface area contributed by atoms with Gasteiger partial charge in [-0.15, -0.1) is 0 Å². The molecule has 1 rings (SSSR count). The summed E-state index contributed by atoms with van der Waals surface area (Å²) in [5.74, 6) is -0.129. The first kappa shape index (κ1) is 17.4. The van der Waals surface area contributed by atoms with E-state index < -0.39 is 0 Å². The van der Waals surface area contributed by atoms with Gasteiger partial charge in [-0.05, 0) is 32.2 Å². The van der Waals surface area contributed by atoms with Crippen molar-refractivity contribution in [2.75, 3.05) is 31.6 Å². The summed E-state index contributed by atoms with van der Waals surface area (Å²) in [6.07, 6.45) is 0.248. The van der Waals surface area contributed by atoms with Crippen LogP contribution < -0.4 is 4.90 Å². The van der Waals surface area contributed by atoms with Gasteiger partial charge < -0.3 is 10.0 Å². The number of amides is 1. The average molecular weight is 310 g/mol. The van der Waals surface area contributed by atoms with Crippen molar-refractivity contribution < 1.29 is 9.90 Å². The quantitative estimate of drug-likeness (QED) is 0.835. The lowest BCUT2D eigenvalue weighted by atomic mass is 10.2. The summed E-state index contributed by atoms with van der Waals surface area (Å²) in [4.78, 5) is 15.8. The van der Waals surface area contributed by atoms with E-state index in [2.05, 4.69) is 0 Å². The number of nitrogens with zero attached hydrogens (tertiary/aromatic N) is 3. The van der Waals surface area contributed by atoms with Crippen molar-refractivity contribution in [3.8, 4) is 6.07 Å². The zero-order chi connectivity index (χ0) is 15.8. The van der Waals surface area contributed by atoms with Gasteiger partial charge >= 0.3 is 0 Å². The van der Waals surface area contributed by atoms with E-state index >= 15 is 0 Å². The van der Waals surface area contributed by atoms with E-state index in [1.807, 2.05) is 13.0 Å². The second kappa shape index (κ2) is 8.63. The summed E-state index contributed by atoms with van der Waals surface area (Å²) < 4.78 is 0. The minimum Gasteiger partial charge on any atom is -0.395 e. The molecule has 0 aliphatic heterocycles. The van der Waals surface area contributed by atoms with Crippen LogP contribution >= 0.6 is 11.6 Å². The highest BCUT2D eigenvalue weighted by atomic mass is 35.5. The molecule has 0 saturated heterocycles. The van der Waals surface area contributed by atoms with Crippen molar-refractivity contribution in [1.29, 1.82) is 5.26 Å². The van der Waals surface area contributed by atoms with E-state index in [4.69, 9.17) is 22.0 Å². The fraction of sp³-hybridized carbons (Fsp3) is 0.467. The van der Waals surface area contributed by atoms with Crippen LogP contribution in [0, 0.1) is 11.3 Å². The third-order valence-electron chi connectivity index (χ3n) is 3.27. The van der Waals surface area contributed by atoms with Gasteiger partial charge in [0.2, 0.25) is 5.91 Å². The zero-order valence-corrected chi connectivity index (χ0v) is 13.0. The Balaban J connectivity index is 2.87. The minimum absolute atomic E-state index is 0.0147. The lowest BCUT2D eigenvalue weighted by Crippen LogP contribution is -2.43. The molecular weight excluding hydrogens is 290 g/mol. The lowest BCUT2D eigenvalue weighted by molar-refractivity contribution is -0.120. The van der Waals surface area contributed by atoms with Crippen LogP contribution in [-0.2, 0) is 4.79 Å². The summed E-state index contributed by atoms with van der Waals surface area (Å²) in [5, 5.41) is 18.4. The molecule has 1 atom stereocenters. The van der Waals surface area contributed by atoms with Gasteiger partial charge in [0.15, 0.2) is 0 Å². The Morgan fingerprint density at radius 1 is 1.52 bits per heavy atom. The number of likely N-dealkylation sites (N-methyl/N-ethyl adjacent to an activating group) is 1. The highest BCUT2D eigenvalue weighted by molar-refractivity contribution is 6.30. The second-order valence-electron chi connectivity index (χ2n) is 4.88. The SMILES string of the molecule is CC(CO)N(C)CC(=O)N(CCC#N)c1cccc(Cl)c1. The number of nitriles is 1. The third kappa shape index (κ3) is 5.35. The first-order valence-corrected chi connectivity index (χ1v) is 7.11. The van der Waals surface area contributed by atoms with Crippen molar-refractivity contribution in [2.45, 2.75) is 19.4 Å². The molecule has 0 spiro atoms. The molecule has 0 heterocycles. The van der Waals surface area contributed by atoms with Crippen LogP contribution in [0.3, 0.4) is 0 Å². The maximum Gasteiger partial charge on any atom is 0.241 e. The molecule has 114 valence electrons. The van der Waals surface area contributed by atoms with Crippen LogP contribution in [0.4, 0.5) is 5.69 Å².